The first-order valence-corrected chi connectivity index (χ1v) is 9.64. The van der Waals surface area contributed by atoms with Gasteiger partial charge in [0.05, 0.1) is 23.4 Å². The fourth-order valence-corrected chi connectivity index (χ4v) is 6.10. The predicted octanol–water partition coefficient (Wildman–Crippen LogP) is 2.90. The molecule has 2 aromatic carbocycles. The molecule has 2 unspecified atom stereocenters. The first-order valence-electron chi connectivity index (χ1n) is 7.33. The van der Waals surface area contributed by atoms with E-state index in [0.717, 1.165) is 0 Å². The van der Waals surface area contributed by atoms with Crippen LogP contribution in [0.25, 0.3) is 0 Å². The molecule has 7 heteroatoms. The molecule has 1 aliphatic rings. The van der Waals surface area contributed by atoms with Crippen LogP contribution in [0.15, 0.2) is 53.4 Å². The van der Waals surface area contributed by atoms with Crippen LogP contribution in [0, 0.1) is 5.41 Å². The van der Waals surface area contributed by atoms with Crippen molar-refractivity contribution in [3.05, 3.63) is 64.1 Å². The molecule has 24 heavy (non-hydrogen) atoms. The highest BCUT2D eigenvalue weighted by atomic mass is 35.5. The number of rotatable bonds is 5. The summed E-state index contributed by atoms with van der Waals surface area (Å²) in [5, 5.41) is 19.6. The fourth-order valence-electron chi connectivity index (χ4n) is 3.35. The number of hydrogen-bond donors (Lipinski definition) is 2. The summed E-state index contributed by atoms with van der Waals surface area (Å²) >= 11 is 11.8. The summed E-state index contributed by atoms with van der Waals surface area (Å²) in [5.41, 5.74) is -0.434. The van der Waals surface area contributed by atoms with Gasteiger partial charge in [-0.15, -0.1) is 0 Å². The molecule has 4 nitrogen and oxygen atoms in total. The summed E-state index contributed by atoms with van der Waals surface area (Å²) in [6, 6.07) is 12.7. The van der Waals surface area contributed by atoms with Crippen molar-refractivity contribution in [3.8, 4) is 0 Å². The van der Waals surface area contributed by atoms with Gasteiger partial charge in [0.15, 0.2) is 9.84 Å². The van der Waals surface area contributed by atoms with Crippen molar-refractivity contribution in [3.63, 3.8) is 0 Å². The molecule has 0 radical (unpaired) electrons. The Balaban J connectivity index is 2.06. The van der Waals surface area contributed by atoms with Gasteiger partial charge in [-0.1, -0.05) is 35.3 Å². The van der Waals surface area contributed by atoms with Crippen molar-refractivity contribution in [2.75, 3.05) is 13.2 Å². The third-order valence-electron chi connectivity index (χ3n) is 4.65. The molecule has 2 N–H and O–H groups in total. The molecule has 0 heterocycles. The van der Waals surface area contributed by atoms with Crippen LogP contribution < -0.4 is 0 Å². The summed E-state index contributed by atoms with van der Waals surface area (Å²) in [6.45, 7) is -0.865. The van der Waals surface area contributed by atoms with Gasteiger partial charge in [0.25, 0.3) is 0 Å². The molecule has 0 bridgehead atoms. The second-order valence-electron chi connectivity index (χ2n) is 6.00. The summed E-state index contributed by atoms with van der Waals surface area (Å²) in [5.74, 6) is -0.521. The van der Waals surface area contributed by atoms with E-state index in [9.17, 15) is 18.6 Å². The summed E-state index contributed by atoms with van der Waals surface area (Å²) in [7, 11) is -3.75. The van der Waals surface area contributed by atoms with Gasteiger partial charge < -0.3 is 10.2 Å². The molecule has 0 aromatic heterocycles. The maximum atomic E-state index is 13.0. The zero-order valence-electron chi connectivity index (χ0n) is 12.6. The summed E-state index contributed by atoms with van der Waals surface area (Å²) in [6.07, 6.45) is 0. The quantitative estimate of drug-likeness (QED) is 0.828. The molecule has 2 aromatic rings. The van der Waals surface area contributed by atoms with E-state index in [1.807, 2.05) is 0 Å². The molecule has 2 atom stereocenters. The Labute approximate surface area is 150 Å². The van der Waals surface area contributed by atoms with Gasteiger partial charge in [-0.05, 0) is 42.0 Å². The third kappa shape index (κ3) is 2.74. The minimum absolute atomic E-state index is 0.118. The van der Waals surface area contributed by atoms with Gasteiger partial charge in [-0.2, -0.15) is 0 Å². The van der Waals surface area contributed by atoms with E-state index < -0.39 is 39.6 Å². The van der Waals surface area contributed by atoms with Crippen LogP contribution in [0.2, 0.25) is 10.0 Å². The highest BCUT2D eigenvalue weighted by Gasteiger charge is 2.70. The van der Waals surface area contributed by atoms with Gasteiger partial charge in [0.2, 0.25) is 0 Å². The molecule has 1 fully saturated rings. The second-order valence-corrected chi connectivity index (χ2v) is 8.94. The topological polar surface area (TPSA) is 74.6 Å². The van der Waals surface area contributed by atoms with Crippen LogP contribution in [0.4, 0.5) is 0 Å². The Morgan fingerprint density at radius 3 is 2.12 bits per heavy atom. The zero-order valence-corrected chi connectivity index (χ0v) is 14.9. The minimum Gasteiger partial charge on any atom is -0.396 e. The van der Waals surface area contributed by atoms with E-state index in [1.165, 1.54) is 24.3 Å². The number of aliphatic hydroxyl groups excluding tert-OH is 2. The van der Waals surface area contributed by atoms with E-state index in [4.69, 9.17) is 23.2 Å². The number of aliphatic hydroxyl groups is 2. The molecule has 0 amide bonds. The molecular formula is C17H16Cl2O4S. The SMILES string of the molecule is O=S(=O)(c1ccc(Cl)cc1)C1C(c2cccc(Cl)c2)C1(CO)CO. The third-order valence-corrected chi connectivity index (χ3v) is 7.48. The number of hydrogen-bond acceptors (Lipinski definition) is 4. The highest BCUT2D eigenvalue weighted by molar-refractivity contribution is 7.92. The van der Waals surface area contributed by atoms with Crippen molar-refractivity contribution in [2.24, 2.45) is 5.41 Å². The lowest BCUT2D eigenvalue weighted by Crippen LogP contribution is -2.23. The largest absolute Gasteiger partial charge is 0.396 e. The van der Waals surface area contributed by atoms with Crippen LogP contribution in [0.5, 0.6) is 0 Å². The number of halogens is 2. The van der Waals surface area contributed by atoms with Crippen molar-refractivity contribution in [1.82, 2.24) is 0 Å². The van der Waals surface area contributed by atoms with E-state index in [-0.39, 0.29) is 4.90 Å². The average Bonchev–Trinajstić information content (AvgIpc) is 3.26. The Morgan fingerprint density at radius 1 is 0.958 bits per heavy atom. The minimum atomic E-state index is -3.75. The lowest BCUT2D eigenvalue weighted by atomic mass is 10.0. The van der Waals surface area contributed by atoms with Crippen molar-refractivity contribution in [2.45, 2.75) is 16.1 Å². The summed E-state index contributed by atoms with van der Waals surface area (Å²) in [4.78, 5) is 0.118. The van der Waals surface area contributed by atoms with E-state index in [2.05, 4.69) is 0 Å². The first kappa shape index (κ1) is 17.7. The average molecular weight is 387 g/mol. The fraction of sp³-hybridized carbons (Fsp3) is 0.294. The van der Waals surface area contributed by atoms with Gasteiger partial charge in [0.1, 0.15) is 0 Å². The van der Waals surface area contributed by atoms with Gasteiger partial charge in [-0.3, -0.25) is 0 Å². The number of sulfone groups is 1. The molecule has 1 saturated carbocycles. The Bertz CT molecular complexity index is 845. The lowest BCUT2D eigenvalue weighted by molar-refractivity contribution is 0.130. The maximum absolute atomic E-state index is 13.0. The molecule has 0 saturated heterocycles. The van der Waals surface area contributed by atoms with Crippen molar-refractivity contribution < 1.29 is 18.6 Å². The van der Waals surface area contributed by atoms with Crippen molar-refractivity contribution in [1.29, 1.82) is 0 Å². The first-order chi connectivity index (χ1) is 11.4. The molecule has 0 spiro atoms. The van der Waals surface area contributed by atoms with Crippen LogP contribution in [-0.2, 0) is 9.84 Å². The van der Waals surface area contributed by atoms with Crippen LogP contribution >= 0.6 is 23.2 Å². The van der Waals surface area contributed by atoms with Gasteiger partial charge in [-0.25, -0.2) is 8.42 Å². The maximum Gasteiger partial charge on any atom is 0.182 e. The summed E-state index contributed by atoms with van der Waals surface area (Å²) < 4.78 is 26.0. The van der Waals surface area contributed by atoms with Gasteiger partial charge in [0, 0.05) is 21.4 Å². The van der Waals surface area contributed by atoms with Crippen molar-refractivity contribution >= 4 is 33.0 Å². The smallest absolute Gasteiger partial charge is 0.182 e. The Kier molecular flexibility index (Phi) is 4.66. The Morgan fingerprint density at radius 2 is 1.58 bits per heavy atom. The zero-order chi connectivity index (χ0) is 17.5. The standard InChI is InChI=1S/C17H16Cl2O4S/c18-12-4-6-14(7-5-12)24(22,23)16-15(17(16,9-20)10-21)11-2-1-3-13(19)8-11/h1-8,15-16,20-21H,9-10H2. The molecule has 128 valence electrons. The van der Waals surface area contributed by atoms with Crippen LogP contribution in [0.1, 0.15) is 11.5 Å². The lowest BCUT2D eigenvalue weighted by Gasteiger charge is -2.11. The Hall–Kier alpha value is -1.11. The molecule has 3 rings (SSSR count). The van der Waals surface area contributed by atoms with E-state index >= 15 is 0 Å². The van der Waals surface area contributed by atoms with Gasteiger partial charge >= 0.3 is 0 Å². The predicted molar refractivity (Wildman–Crippen MR) is 93.2 cm³/mol. The molecule has 0 aliphatic heterocycles. The number of benzene rings is 2. The highest BCUT2D eigenvalue weighted by Crippen LogP contribution is 2.63. The van der Waals surface area contributed by atoms with E-state index in [1.54, 1.807) is 24.3 Å². The monoisotopic (exact) mass is 386 g/mol. The molecule has 1 aliphatic carbocycles. The van der Waals surface area contributed by atoms with Crippen LogP contribution in [0.3, 0.4) is 0 Å². The second kappa shape index (κ2) is 6.32. The van der Waals surface area contributed by atoms with E-state index in [0.29, 0.717) is 15.6 Å². The van der Waals surface area contributed by atoms with Crippen LogP contribution in [-0.4, -0.2) is 37.1 Å². The molecular weight excluding hydrogens is 371 g/mol. The normalized spacial score (nSPS) is 22.3.